The van der Waals surface area contributed by atoms with Crippen LogP contribution in [0.2, 0.25) is 0 Å². The maximum atomic E-state index is 12.6. The van der Waals surface area contributed by atoms with E-state index in [0.717, 1.165) is 10.6 Å². The van der Waals surface area contributed by atoms with Crippen molar-refractivity contribution in [1.82, 2.24) is 0 Å². The normalized spacial score (nSPS) is 14.8. The molecule has 1 heterocycles. The largest absolute Gasteiger partial charge is 0.462 e. The fourth-order valence-electron chi connectivity index (χ4n) is 2.97. The Morgan fingerprint density at radius 3 is 2.23 bits per heavy atom. The lowest BCUT2D eigenvalue weighted by molar-refractivity contribution is -0.120. The van der Waals surface area contributed by atoms with E-state index in [0.29, 0.717) is 0 Å². The Hall–Kier alpha value is -3.33. The number of fused-ring (bicyclic) bond motifs is 1. The first kappa shape index (κ1) is 22.4. The Labute approximate surface area is 183 Å². The van der Waals surface area contributed by atoms with Crippen molar-refractivity contribution in [2.75, 3.05) is 23.8 Å². The minimum Gasteiger partial charge on any atom is -0.462 e. The molecule has 0 bridgehead atoms. The summed E-state index contributed by atoms with van der Waals surface area (Å²) in [5, 5.41) is 4.85. The highest BCUT2D eigenvalue weighted by molar-refractivity contribution is 8.01. The number of esters is 2. The first-order valence-electron chi connectivity index (χ1n) is 9.77. The van der Waals surface area contributed by atoms with Crippen molar-refractivity contribution in [2.45, 2.75) is 30.4 Å². The molecule has 2 N–H and O–H groups in total. The van der Waals surface area contributed by atoms with Gasteiger partial charge in [0.1, 0.15) is 0 Å². The van der Waals surface area contributed by atoms with Gasteiger partial charge in [0.05, 0.1) is 35.3 Å². The highest BCUT2D eigenvalue weighted by atomic mass is 32.2. The maximum Gasteiger partial charge on any atom is 0.338 e. The van der Waals surface area contributed by atoms with Crippen LogP contribution in [0.25, 0.3) is 0 Å². The second-order valence-corrected chi connectivity index (χ2v) is 7.83. The van der Waals surface area contributed by atoms with Crippen molar-refractivity contribution in [3.05, 3.63) is 53.6 Å². The fraction of sp³-hybridized carbons (Fsp3) is 0.273. The van der Waals surface area contributed by atoms with Crippen molar-refractivity contribution in [3.8, 4) is 0 Å². The first-order chi connectivity index (χ1) is 14.9. The first-order valence-corrected chi connectivity index (χ1v) is 10.6. The molecule has 2 aromatic rings. The van der Waals surface area contributed by atoms with Gasteiger partial charge >= 0.3 is 11.9 Å². The number of rotatable bonds is 7. The predicted molar refractivity (Wildman–Crippen MR) is 116 cm³/mol. The van der Waals surface area contributed by atoms with Crippen LogP contribution in [0.3, 0.4) is 0 Å². The second-order valence-electron chi connectivity index (χ2n) is 6.58. The number of ether oxygens (including phenoxy) is 2. The molecule has 2 aromatic carbocycles. The predicted octanol–water partition coefficient (Wildman–Crippen LogP) is 3.48. The van der Waals surface area contributed by atoms with Crippen LogP contribution >= 0.6 is 11.8 Å². The number of carbonyl (C=O) groups is 4. The third kappa shape index (κ3) is 5.64. The third-order valence-corrected chi connectivity index (χ3v) is 5.59. The van der Waals surface area contributed by atoms with Crippen molar-refractivity contribution >= 4 is 46.9 Å². The molecule has 1 unspecified atom stereocenters. The SMILES string of the molecule is CCOC(=O)c1cc(NC(=O)CC2Sc3ccccc3NC2=O)cc(C(=O)OCC)c1. The summed E-state index contributed by atoms with van der Waals surface area (Å²) >= 11 is 1.31. The monoisotopic (exact) mass is 442 g/mol. The summed E-state index contributed by atoms with van der Waals surface area (Å²) in [5.41, 5.74) is 1.18. The van der Waals surface area contributed by atoms with Gasteiger partial charge in [0.2, 0.25) is 11.8 Å². The van der Waals surface area contributed by atoms with Crippen LogP contribution in [0.5, 0.6) is 0 Å². The Kier molecular flexibility index (Phi) is 7.30. The van der Waals surface area contributed by atoms with Gasteiger partial charge in [-0.25, -0.2) is 9.59 Å². The van der Waals surface area contributed by atoms with Crippen LogP contribution in [0.1, 0.15) is 41.0 Å². The summed E-state index contributed by atoms with van der Waals surface area (Å²) in [4.78, 5) is 50.1. The molecule has 1 aliphatic rings. The van der Waals surface area contributed by atoms with Crippen LogP contribution in [0.4, 0.5) is 11.4 Å². The average molecular weight is 442 g/mol. The Morgan fingerprint density at radius 1 is 1.00 bits per heavy atom. The summed E-state index contributed by atoms with van der Waals surface area (Å²) in [6.45, 7) is 3.67. The Balaban J connectivity index is 1.76. The van der Waals surface area contributed by atoms with Gasteiger partial charge in [-0.05, 0) is 44.2 Å². The van der Waals surface area contributed by atoms with Crippen LogP contribution in [-0.4, -0.2) is 42.2 Å². The molecule has 0 radical (unpaired) electrons. The van der Waals surface area contributed by atoms with Gasteiger partial charge in [-0.2, -0.15) is 0 Å². The molecule has 1 atom stereocenters. The second kappa shape index (κ2) is 10.1. The lowest BCUT2D eigenvalue weighted by Gasteiger charge is -2.23. The third-order valence-electron chi connectivity index (χ3n) is 4.32. The summed E-state index contributed by atoms with van der Waals surface area (Å²) in [6, 6.07) is 11.5. The van der Waals surface area contributed by atoms with E-state index >= 15 is 0 Å². The Bertz CT molecular complexity index is 987. The molecule has 0 fully saturated rings. The molecule has 8 nitrogen and oxygen atoms in total. The number of nitrogens with one attached hydrogen (secondary N) is 2. The molecule has 1 aliphatic heterocycles. The van der Waals surface area contributed by atoms with E-state index < -0.39 is 23.1 Å². The number of amides is 2. The summed E-state index contributed by atoms with van der Waals surface area (Å²) in [7, 11) is 0. The minimum atomic E-state index is -0.622. The summed E-state index contributed by atoms with van der Waals surface area (Å²) in [6.07, 6.45) is -0.0802. The van der Waals surface area contributed by atoms with Crippen molar-refractivity contribution in [1.29, 1.82) is 0 Å². The van der Waals surface area contributed by atoms with Gasteiger partial charge in [-0.1, -0.05) is 12.1 Å². The zero-order valence-electron chi connectivity index (χ0n) is 17.1. The van der Waals surface area contributed by atoms with Gasteiger partial charge in [0, 0.05) is 17.0 Å². The highest BCUT2D eigenvalue weighted by Crippen LogP contribution is 2.36. The van der Waals surface area contributed by atoms with E-state index in [2.05, 4.69) is 10.6 Å². The van der Waals surface area contributed by atoms with Crippen molar-refractivity contribution in [2.24, 2.45) is 0 Å². The molecule has 31 heavy (non-hydrogen) atoms. The zero-order valence-corrected chi connectivity index (χ0v) is 17.9. The smallest absolute Gasteiger partial charge is 0.338 e. The van der Waals surface area contributed by atoms with Crippen LogP contribution in [0, 0.1) is 0 Å². The van der Waals surface area contributed by atoms with Crippen LogP contribution < -0.4 is 10.6 Å². The van der Waals surface area contributed by atoms with E-state index in [9.17, 15) is 19.2 Å². The molecule has 0 saturated heterocycles. The lowest BCUT2D eigenvalue weighted by atomic mass is 10.1. The minimum absolute atomic E-state index is 0.0802. The van der Waals surface area contributed by atoms with Crippen LogP contribution in [-0.2, 0) is 19.1 Å². The van der Waals surface area contributed by atoms with E-state index in [1.807, 2.05) is 18.2 Å². The number of anilines is 2. The van der Waals surface area contributed by atoms with E-state index in [-0.39, 0.29) is 42.4 Å². The molecule has 0 aliphatic carbocycles. The van der Waals surface area contributed by atoms with Crippen molar-refractivity contribution in [3.63, 3.8) is 0 Å². The Morgan fingerprint density at radius 2 is 1.61 bits per heavy atom. The number of para-hydroxylation sites is 1. The molecular formula is C22H22N2O6S. The molecule has 3 rings (SSSR count). The topological polar surface area (TPSA) is 111 Å². The average Bonchev–Trinajstić information content (AvgIpc) is 2.74. The number of benzene rings is 2. The summed E-state index contributed by atoms with van der Waals surface area (Å²) in [5.74, 6) is -1.93. The number of thioether (sulfide) groups is 1. The van der Waals surface area contributed by atoms with E-state index in [1.54, 1.807) is 19.9 Å². The van der Waals surface area contributed by atoms with E-state index in [1.165, 1.54) is 30.0 Å². The molecule has 0 aromatic heterocycles. The number of carbonyl (C=O) groups excluding carboxylic acids is 4. The fourth-order valence-corrected chi connectivity index (χ4v) is 4.08. The van der Waals surface area contributed by atoms with E-state index in [4.69, 9.17) is 9.47 Å². The number of hydrogen-bond acceptors (Lipinski definition) is 7. The molecular weight excluding hydrogens is 420 g/mol. The number of hydrogen-bond donors (Lipinski definition) is 2. The van der Waals surface area contributed by atoms with Gasteiger partial charge in [-0.3, -0.25) is 9.59 Å². The van der Waals surface area contributed by atoms with Crippen LogP contribution in [0.15, 0.2) is 47.4 Å². The standard InChI is InChI=1S/C22H22N2O6S/c1-3-29-21(27)13-9-14(22(28)30-4-2)11-15(10-13)23-19(25)12-18-20(26)24-16-7-5-6-8-17(16)31-18/h5-11,18H,3-4,12H2,1-2H3,(H,23,25)(H,24,26). The summed E-state index contributed by atoms with van der Waals surface area (Å²) < 4.78 is 9.98. The lowest BCUT2D eigenvalue weighted by Crippen LogP contribution is -2.32. The molecule has 0 saturated carbocycles. The molecule has 9 heteroatoms. The van der Waals surface area contributed by atoms with Crippen molar-refractivity contribution < 1.29 is 28.7 Å². The molecule has 2 amide bonds. The maximum absolute atomic E-state index is 12.6. The quantitative estimate of drug-likeness (QED) is 0.632. The highest BCUT2D eigenvalue weighted by Gasteiger charge is 2.29. The van der Waals surface area contributed by atoms with Gasteiger partial charge in [0.15, 0.2) is 0 Å². The van der Waals surface area contributed by atoms with Gasteiger partial charge in [0.25, 0.3) is 0 Å². The zero-order chi connectivity index (χ0) is 22.4. The molecule has 0 spiro atoms. The molecule has 162 valence electrons. The van der Waals surface area contributed by atoms with Gasteiger partial charge < -0.3 is 20.1 Å². The van der Waals surface area contributed by atoms with Gasteiger partial charge in [-0.15, -0.1) is 11.8 Å².